The average molecular weight is 461 g/mol. The number of nitrogens with one attached hydrogen (secondary N) is 2. The minimum Gasteiger partial charge on any atom is -0.497 e. The van der Waals surface area contributed by atoms with Crippen molar-refractivity contribution in [1.29, 1.82) is 0 Å². The Hall–Kier alpha value is -3.65. The number of ether oxygens (including phenoxy) is 1. The fourth-order valence-electron chi connectivity index (χ4n) is 4.49. The van der Waals surface area contributed by atoms with E-state index in [9.17, 15) is 0 Å². The molecule has 34 heavy (non-hydrogen) atoms. The van der Waals surface area contributed by atoms with E-state index < -0.39 is 0 Å². The van der Waals surface area contributed by atoms with E-state index in [2.05, 4.69) is 49.5 Å². The largest absolute Gasteiger partial charge is 0.497 e. The number of anilines is 3. The molecule has 0 radical (unpaired) electrons. The van der Waals surface area contributed by atoms with Crippen molar-refractivity contribution >= 4 is 28.1 Å². The number of H-pyrrole nitrogens is 1. The molecule has 8 heteroatoms. The SMILES string of the molecule is COc1ccc(Cc2c(Nc3ccc(N4CCN(C)CC4)c(F)c3)cnc3n[nH]c(C)c23)cc1. The van der Waals surface area contributed by atoms with Gasteiger partial charge in [0, 0.05) is 49.4 Å². The van der Waals surface area contributed by atoms with E-state index >= 15 is 4.39 Å². The summed E-state index contributed by atoms with van der Waals surface area (Å²) in [4.78, 5) is 8.88. The van der Waals surface area contributed by atoms with Crippen molar-refractivity contribution in [3.05, 3.63) is 71.3 Å². The predicted octanol–water partition coefficient (Wildman–Crippen LogP) is 4.50. The fraction of sp³-hybridized carbons (Fsp3) is 0.308. The van der Waals surface area contributed by atoms with Crippen LogP contribution in [0.2, 0.25) is 0 Å². The average Bonchev–Trinajstić information content (AvgIpc) is 3.23. The van der Waals surface area contributed by atoms with Crippen LogP contribution in [0, 0.1) is 12.7 Å². The number of aromatic nitrogens is 3. The number of methoxy groups -OCH3 is 1. The maximum Gasteiger partial charge on any atom is 0.181 e. The number of fused-ring (bicyclic) bond motifs is 1. The lowest BCUT2D eigenvalue weighted by Gasteiger charge is -2.34. The second kappa shape index (κ2) is 9.30. The first-order valence-corrected chi connectivity index (χ1v) is 11.5. The number of hydrogen-bond donors (Lipinski definition) is 2. The number of benzene rings is 2. The first-order valence-electron chi connectivity index (χ1n) is 11.5. The van der Waals surface area contributed by atoms with E-state index in [1.54, 1.807) is 19.4 Å². The van der Waals surface area contributed by atoms with Gasteiger partial charge in [0.25, 0.3) is 0 Å². The summed E-state index contributed by atoms with van der Waals surface area (Å²) in [6, 6.07) is 13.4. The number of nitrogens with zero attached hydrogens (tertiary/aromatic N) is 4. The molecule has 0 atom stereocenters. The van der Waals surface area contributed by atoms with Crippen LogP contribution in [0.25, 0.3) is 11.0 Å². The molecule has 0 spiro atoms. The number of likely N-dealkylation sites (N-methyl/N-ethyl adjacent to an activating group) is 1. The molecular formula is C26H29FN6O. The lowest BCUT2D eigenvalue weighted by atomic mass is 10.00. The molecule has 1 aliphatic heterocycles. The number of piperazine rings is 1. The molecular weight excluding hydrogens is 431 g/mol. The molecule has 0 bridgehead atoms. The van der Waals surface area contributed by atoms with Gasteiger partial charge in [-0.2, -0.15) is 5.10 Å². The van der Waals surface area contributed by atoms with E-state index in [1.165, 1.54) is 0 Å². The highest BCUT2D eigenvalue weighted by Crippen LogP contribution is 2.32. The lowest BCUT2D eigenvalue weighted by molar-refractivity contribution is 0.311. The number of pyridine rings is 1. The predicted molar refractivity (Wildman–Crippen MR) is 134 cm³/mol. The smallest absolute Gasteiger partial charge is 0.181 e. The molecule has 1 aliphatic rings. The molecule has 176 valence electrons. The van der Waals surface area contributed by atoms with Gasteiger partial charge in [0.05, 0.1) is 24.7 Å². The van der Waals surface area contributed by atoms with Crippen LogP contribution >= 0.6 is 0 Å². The molecule has 0 amide bonds. The molecule has 0 aliphatic carbocycles. The molecule has 0 unspecified atom stereocenters. The van der Waals surface area contributed by atoms with E-state index in [-0.39, 0.29) is 5.82 Å². The van der Waals surface area contributed by atoms with E-state index in [0.717, 1.165) is 59.8 Å². The van der Waals surface area contributed by atoms with Gasteiger partial charge in [0.1, 0.15) is 11.6 Å². The summed E-state index contributed by atoms with van der Waals surface area (Å²) in [5, 5.41) is 11.8. The molecule has 2 aromatic carbocycles. The number of aryl methyl sites for hydroxylation is 1. The van der Waals surface area contributed by atoms with Crippen LogP contribution in [0.5, 0.6) is 5.75 Å². The third-order valence-corrected chi connectivity index (χ3v) is 6.48. The van der Waals surface area contributed by atoms with Gasteiger partial charge < -0.3 is 19.9 Å². The van der Waals surface area contributed by atoms with Crippen LogP contribution in [0.1, 0.15) is 16.8 Å². The van der Waals surface area contributed by atoms with Gasteiger partial charge in [-0.25, -0.2) is 9.37 Å². The van der Waals surface area contributed by atoms with Gasteiger partial charge in [-0.1, -0.05) is 12.1 Å². The van der Waals surface area contributed by atoms with Crippen molar-refractivity contribution in [2.75, 3.05) is 50.6 Å². The van der Waals surface area contributed by atoms with Gasteiger partial charge in [-0.05, 0) is 55.4 Å². The minimum absolute atomic E-state index is 0.222. The summed E-state index contributed by atoms with van der Waals surface area (Å²) in [7, 11) is 3.75. The van der Waals surface area contributed by atoms with Gasteiger partial charge in [-0.3, -0.25) is 5.10 Å². The second-order valence-electron chi connectivity index (χ2n) is 8.80. The Morgan fingerprint density at radius 1 is 1.09 bits per heavy atom. The topological polar surface area (TPSA) is 69.3 Å². The van der Waals surface area contributed by atoms with Crippen molar-refractivity contribution in [2.24, 2.45) is 0 Å². The summed E-state index contributed by atoms with van der Waals surface area (Å²) in [5.41, 5.74) is 5.98. The number of hydrogen-bond acceptors (Lipinski definition) is 6. The van der Waals surface area contributed by atoms with Crippen LogP contribution in [-0.2, 0) is 6.42 Å². The van der Waals surface area contributed by atoms with E-state index in [0.29, 0.717) is 23.4 Å². The maximum atomic E-state index is 15.1. The van der Waals surface area contributed by atoms with Gasteiger partial charge in [0.15, 0.2) is 5.65 Å². The summed E-state index contributed by atoms with van der Waals surface area (Å²) < 4.78 is 20.4. The van der Waals surface area contributed by atoms with Crippen LogP contribution < -0.4 is 15.0 Å². The Kier molecular flexibility index (Phi) is 6.06. The van der Waals surface area contributed by atoms with Gasteiger partial charge in [0.2, 0.25) is 0 Å². The summed E-state index contributed by atoms with van der Waals surface area (Å²) in [6.07, 6.45) is 2.45. The van der Waals surface area contributed by atoms with Gasteiger partial charge in [-0.15, -0.1) is 0 Å². The highest BCUT2D eigenvalue weighted by molar-refractivity contribution is 5.87. The molecule has 1 fully saturated rings. The molecule has 2 N–H and O–H groups in total. The van der Waals surface area contributed by atoms with Crippen LogP contribution in [-0.4, -0.2) is 60.4 Å². The Bertz CT molecular complexity index is 1290. The normalized spacial score (nSPS) is 14.5. The third-order valence-electron chi connectivity index (χ3n) is 6.48. The Morgan fingerprint density at radius 2 is 1.85 bits per heavy atom. The molecule has 3 heterocycles. The zero-order chi connectivity index (χ0) is 23.7. The highest BCUT2D eigenvalue weighted by atomic mass is 19.1. The highest BCUT2D eigenvalue weighted by Gasteiger charge is 2.19. The number of halogens is 1. The number of rotatable bonds is 6. The van der Waals surface area contributed by atoms with Crippen molar-refractivity contribution in [3.8, 4) is 5.75 Å². The van der Waals surface area contributed by atoms with Gasteiger partial charge >= 0.3 is 0 Å². The van der Waals surface area contributed by atoms with E-state index in [1.807, 2.05) is 31.2 Å². The summed E-state index contributed by atoms with van der Waals surface area (Å²) in [5.74, 6) is 0.595. The molecule has 5 rings (SSSR count). The molecule has 0 saturated carbocycles. The van der Waals surface area contributed by atoms with Crippen LogP contribution in [0.3, 0.4) is 0 Å². The number of aromatic amines is 1. The monoisotopic (exact) mass is 460 g/mol. The zero-order valence-electron chi connectivity index (χ0n) is 19.7. The van der Waals surface area contributed by atoms with Crippen LogP contribution in [0.15, 0.2) is 48.7 Å². The van der Waals surface area contributed by atoms with Crippen molar-refractivity contribution in [1.82, 2.24) is 20.1 Å². The van der Waals surface area contributed by atoms with Crippen molar-refractivity contribution in [2.45, 2.75) is 13.3 Å². The Balaban J connectivity index is 1.46. The van der Waals surface area contributed by atoms with Crippen LogP contribution in [0.4, 0.5) is 21.5 Å². The first-order chi connectivity index (χ1) is 16.5. The lowest BCUT2D eigenvalue weighted by Crippen LogP contribution is -2.44. The fourth-order valence-corrected chi connectivity index (χ4v) is 4.49. The van der Waals surface area contributed by atoms with Crippen molar-refractivity contribution in [3.63, 3.8) is 0 Å². The maximum absolute atomic E-state index is 15.1. The molecule has 1 saturated heterocycles. The Morgan fingerprint density at radius 3 is 2.56 bits per heavy atom. The summed E-state index contributed by atoms with van der Waals surface area (Å²) in [6.45, 7) is 5.51. The van der Waals surface area contributed by atoms with Crippen molar-refractivity contribution < 1.29 is 9.13 Å². The second-order valence-corrected chi connectivity index (χ2v) is 8.80. The third kappa shape index (κ3) is 4.41. The molecule has 7 nitrogen and oxygen atoms in total. The molecule has 2 aromatic heterocycles. The minimum atomic E-state index is -0.222. The quantitative estimate of drug-likeness (QED) is 0.442. The summed E-state index contributed by atoms with van der Waals surface area (Å²) >= 11 is 0. The van der Waals surface area contributed by atoms with E-state index in [4.69, 9.17) is 4.74 Å². The standard InChI is InChI=1S/C26H29FN6O/c1-17-25-21(14-18-4-7-20(34-3)8-5-18)23(16-28-26(25)31-30-17)29-19-6-9-24(22(27)15-19)33-12-10-32(2)11-13-33/h4-9,15-16,29H,10-14H2,1-3H3,(H,28,30,31). The first kappa shape index (κ1) is 22.2. The Labute approximate surface area is 198 Å². The zero-order valence-corrected chi connectivity index (χ0v) is 19.7. The molecule has 4 aromatic rings.